The molecule has 1 N–H and O–H groups in total. The van der Waals surface area contributed by atoms with Crippen molar-refractivity contribution in [3.8, 4) is 0 Å². The summed E-state index contributed by atoms with van der Waals surface area (Å²) >= 11 is 4.07. The van der Waals surface area contributed by atoms with Crippen LogP contribution in [-0.4, -0.2) is 16.2 Å². The lowest BCUT2D eigenvalue weighted by Gasteiger charge is -2.15. The van der Waals surface area contributed by atoms with Gasteiger partial charge in [-0.3, -0.25) is 0 Å². The first-order valence-electron chi connectivity index (χ1n) is 5.35. The van der Waals surface area contributed by atoms with Crippen molar-refractivity contribution in [2.24, 2.45) is 0 Å². The Hall–Kier alpha value is -1.96. The van der Waals surface area contributed by atoms with Gasteiger partial charge in [-0.15, -0.1) is 0 Å². The van der Waals surface area contributed by atoms with Crippen LogP contribution in [-0.2, 0) is 6.18 Å². The molecule has 0 amide bonds. The van der Waals surface area contributed by atoms with Gasteiger partial charge in [0.15, 0.2) is 11.5 Å². The number of aromatic carboxylic acids is 1. The zero-order valence-corrected chi connectivity index (χ0v) is 10.7. The molecule has 1 aromatic heterocycles. The van der Waals surface area contributed by atoms with Gasteiger partial charge in [-0.1, -0.05) is 23.4 Å². The second-order valence-electron chi connectivity index (χ2n) is 3.91. The molecule has 1 aromatic carbocycles. The second kappa shape index (κ2) is 5.20. The molecule has 0 spiro atoms. The summed E-state index contributed by atoms with van der Waals surface area (Å²) in [6.07, 6.45) is -4.53. The van der Waals surface area contributed by atoms with Crippen LogP contribution in [0.25, 0.3) is 0 Å². The summed E-state index contributed by atoms with van der Waals surface area (Å²) in [4.78, 5) is 10.7. The lowest BCUT2D eigenvalue weighted by molar-refractivity contribution is -0.138. The minimum absolute atomic E-state index is 0.0672. The number of hydrogen-bond acceptors (Lipinski definition) is 4. The number of thiol groups is 1. The highest BCUT2D eigenvalue weighted by molar-refractivity contribution is 7.80. The molecule has 0 aliphatic rings. The molecule has 0 radical (unpaired) electrons. The van der Waals surface area contributed by atoms with Gasteiger partial charge in [0.05, 0.1) is 10.8 Å². The van der Waals surface area contributed by atoms with E-state index in [-0.39, 0.29) is 17.0 Å². The molecule has 4 nitrogen and oxygen atoms in total. The monoisotopic (exact) mass is 303 g/mol. The summed E-state index contributed by atoms with van der Waals surface area (Å²) in [5.41, 5.74) is -1.37. The molecule has 1 unspecified atom stereocenters. The van der Waals surface area contributed by atoms with Crippen LogP contribution in [0.15, 0.2) is 34.9 Å². The van der Waals surface area contributed by atoms with E-state index < -0.39 is 23.0 Å². The maximum Gasteiger partial charge on any atom is 0.416 e. The molecule has 1 atom stereocenters. The Balaban J connectivity index is 2.43. The van der Waals surface area contributed by atoms with Crippen molar-refractivity contribution in [2.45, 2.75) is 11.4 Å². The standard InChI is InChI=1S/C12H8F3NO3S/c13-12(14,15)7-4-2-1-3-6(7)10(20)9-5-8(11(17)18)16-19-9/h1-5,10,20H,(H,17,18). The number of carboxylic acids is 1. The van der Waals surface area contributed by atoms with Gasteiger partial charge in [0.25, 0.3) is 0 Å². The number of hydrogen-bond donors (Lipinski definition) is 2. The van der Waals surface area contributed by atoms with Crippen molar-refractivity contribution in [2.75, 3.05) is 0 Å². The topological polar surface area (TPSA) is 63.3 Å². The predicted molar refractivity (Wildman–Crippen MR) is 65.7 cm³/mol. The Morgan fingerprint density at radius 1 is 1.35 bits per heavy atom. The number of benzene rings is 1. The molecule has 1 heterocycles. The smallest absolute Gasteiger partial charge is 0.416 e. The van der Waals surface area contributed by atoms with Crippen molar-refractivity contribution in [1.82, 2.24) is 5.16 Å². The lowest BCUT2D eigenvalue weighted by Crippen LogP contribution is -2.10. The first-order chi connectivity index (χ1) is 9.30. The number of carbonyl (C=O) groups is 1. The number of alkyl halides is 3. The highest BCUT2D eigenvalue weighted by atomic mass is 32.1. The highest BCUT2D eigenvalue weighted by Crippen LogP contribution is 2.39. The van der Waals surface area contributed by atoms with Gasteiger partial charge in [0.2, 0.25) is 0 Å². The van der Waals surface area contributed by atoms with Crippen molar-refractivity contribution in [3.63, 3.8) is 0 Å². The van der Waals surface area contributed by atoms with Gasteiger partial charge >= 0.3 is 12.1 Å². The molecular formula is C12H8F3NO3S. The van der Waals surface area contributed by atoms with Crippen LogP contribution >= 0.6 is 12.6 Å². The summed E-state index contributed by atoms with van der Waals surface area (Å²) in [7, 11) is 0. The number of aromatic nitrogens is 1. The summed E-state index contributed by atoms with van der Waals surface area (Å²) in [5, 5.41) is 10.9. The molecule has 106 valence electrons. The zero-order chi connectivity index (χ0) is 14.9. The van der Waals surface area contributed by atoms with Crippen LogP contribution in [0.3, 0.4) is 0 Å². The molecular weight excluding hydrogens is 295 g/mol. The van der Waals surface area contributed by atoms with Gasteiger partial charge in [0.1, 0.15) is 0 Å². The van der Waals surface area contributed by atoms with E-state index in [1.54, 1.807) is 0 Å². The average molecular weight is 303 g/mol. The van der Waals surface area contributed by atoms with E-state index >= 15 is 0 Å². The normalized spacial score (nSPS) is 13.2. The van der Waals surface area contributed by atoms with Crippen LogP contribution in [0.2, 0.25) is 0 Å². The van der Waals surface area contributed by atoms with Crippen LogP contribution in [0.5, 0.6) is 0 Å². The summed E-state index contributed by atoms with van der Waals surface area (Å²) < 4.78 is 43.4. The van der Waals surface area contributed by atoms with Crippen molar-refractivity contribution in [1.29, 1.82) is 0 Å². The largest absolute Gasteiger partial charge is 0.476 e. The lowest BCUT2D eigenvalue weighted by atomic mass is 10.0. The van der Waals surface area contributed by atoms with E-state index in [9.17, 15) is 18.0 Å². The number of rotatable bonds is 3. The van der Waals surface area contributed by atoms with Gasteiger partial charge in [0, 0.05) is 6.07 Å². The third-order valence-corrected chi connectivity index (χ3v) is 3.11. The Morgan fingerprint density at radius 2 is 2.00 bits per heavy atom. The Labute approximate surface area is 116 Å². The maximum atomic E-state index is 12.9. The summed E-state index contributed by atoms with van der Waals surface area (Å²) in [5.74, 6) is -1.40. The van der Waals surface area contributed by atoms with Gasteiger partial charge in [-0.05, 0) is 11.6 Å². The van der Waals surface area contributed by atoms with E-state index in [0.29, 0.717) is 0 Å². The molecule has 0 aliphatic carbocycles. The number of nitrogens with zero attached hydrogens (tertiary/aromatic N) is 1. The Bertz CT molecular complexity index is 639. The maximum absolute atomic E-state index is 12.9. The molecule has 8 heteroatoms. The second-order valence-corrected chi connectivity index (χ2v) is 4.42. The minimum Gasteiger partial charge on any atom is -0.476 e. The zero-order valence-electron chi connectivity index (χ0n) is 9.76. The highest BCUT2D eigenvalue weighted by Gasteiger charge is 2.35. The molecule has 0 saturated carbocycles. The Kier molecular flexibility index (Phi) is 3.76. The van der Waals surface area contributed by atoms with Crippen LogP contribution in [0, 0.1) is 0 Å². The number of halogens is 3. The van der Waals surface area contributed by atoms with E-state index in [1.807, 2.05) is 0 Å². The molecule has 0 saturated heterocycles. The molecule has 2 rings (SSSR count). The third-order valence-electron chi connectivity index (χ3n) is 2.58. The van der Waals surface area contributed by atoms with E-state index in [2.05, 4.69) is 17.8 Å². The summed E-state index contributed by atoms with van der Waals surface area (Å²) in [6, 6.07) is 5.92. The van der Waals surface area contributed by atoms with Crippen LogP contribution in [0.4, 0.5) is 13.2 Å². The predicted octanol–water partition coefficient (Wildman–Crippen LogP) is 3.41. The fraction of sp³-hybridized carbons (Fsp3) is 0.167. The van der Waals surface area contributed by atoms with Crippen molar-refractivity contribution < 1.29 is 27.6 Å². The molecule has 0 fully saturated rings. The average Bonchev–Trinajstić information content (AvgIpc) is 2.86. The van der Waals surface area contributed by atoms with Gasteiger partial charge < -0.3 is 9.63 Å². The fourth-order valence-electron chi connectivity index (χ4n) is 1.67. The molecule has 20 heavy (non-hydrogen) atoms. The van der Waals surface area contributed by atoms with Crippen LogP contribution < -0.4 is 0 Å². The van der Waals surface area contributed by atoms with Gasteiger partial charge in [-0.2, -0.15) is 25.8 Å². The fourth-order valence-corrected chi connectivity index (χ4v) is 2.01. The molecule has 0 bridgehead atoms. The minimum atomic E-state index is -4.53. The van der Waals surface area contributed by atoms with Gasteiger partial charge in [-0.25, -0.2) is 4.79 Å². The first kappa shape index (κ1) is 14.4. The van der Waals surface area contributed by atoms with E-state index in [4.69, 9.17) is 9.63 Å². The molecule has 2 aromatic rings. The van der Waals surface area contributed by atoms with Crippen molar-refractivity contribution in [3.05, 3.63) is 52.9 Å². The molecule has 0 aliphatic heterocycles. The quantitative estimate of drug-likeness (QED) is 0.853. The summed E-state index contributed by atoms with van der Waals surface area (Å²) in [6.45, 7) is 0. The SMILES string of the molecule is O=C(O)c1cc(C(S)c2ccccc2C(F)(F)F)on1. The first-order valence-corrected chi connectivity index (χ1v) is 5.86. The van der Waals surface area contributed by atoms with E-state index in [0.717, 1.165) is 12.1 Å². The number of carboxylic acid groups (broad SMARTS) is 1. The Morgan fingerprint density at radius 3 is 2.55 bits per heavy atom. The van der Waals surface area contributed by atoms with E-state index in [1.165, 1.54) is 18.2 Å². The van der Waals surface area contributed by atoms with Crippen molar-refractivity contribution >= 4 is 18.6 Å². The van der Waals surface area contributed by atoms with Crippen LogP contribution in [0.1, 0.15) is 32.6 Å². The third kappa shape index (κ3) is 2.79.